The van der Waals surface area contributed by atoms with Gasteiger partial charge in [0.2, 0.25) is 10.0 Å². The van der Waals surface area contributed by atoms with Crippen LogP contribution >= 0.6 is 11.6 Å². The fourth-order valence-electron chi connectivity index (χ4n) is 4.82. The second kappa shape index (κ2) is 9.68. The number of pyridine rings is 1. The summed E-state index contributed by atoms with van der Waals surface area (Å²) < 4.78 is 37.7. The highest BCUT2D eigenvalue weighted by atomic mass is 35.5. The molecule has 0 radical (unpaired) electrons. The van der Waals surface area contributed by atoms with Crippen molar-refractivity contribution in [2.45, 2.75) is 36.4 Å². The Balaban J connectivity index is 1.15. The van der Waals surface area contributed by atoms with Crippen LogP contribution in [0.3, 0.4) is 0 Å². The number of nitrogens with one attached hydrogen (secondary N) is 1. The smallest absolute Gasteiger partial charge is 0.296 e. The SMILES string of the molecule is O=S(=O)(C1CC1)N1CCN(c2ccc(-c3nc4nc(OC5COC(CO)C5O)[nH]c4cc3Cl)cc2)CC1. The molecule has 4 heterocycles. The van der Waals surface area contributed by atoms with E-state index in [1.54, 1.807) is 10.4 Å². The number of imidazole rings is 1. The highest BCUT2D eigenvalue weighted by molar-refractivity contribution is 7.90. The summed E-state index contributed by atoms with van der Waals surface area (Å²) in [5.74, 6) is 0. The van der Waals surface area contributed by atoms with E-state index in [0.717, 1.165) is 24.1 Å². The normalized spacial score (nSPS) is 25.2. The van der Waals surface area contributed by atoms with Crippen molar-refractivity contribution in [1.29, 1.82) is 0 Å². The fraction of sp³-hybridized carbons (Fsp3) is 0.500. The summed E-state index contributed by atoms with van der Waals surface area (Å²) in [6, 6.07) is 9.76. The Labute approximate surface area is 219 Å². The number of sulfonamides is 1. The van der Waals surface area contributed by atoms with Crippen LogP contribution in [0, 0.1) is 0 Å². The molecule has 2 aromatic heterocycles. The minimum absolute atomic E-state index is 0.139. The maximum absolute atomic E-state index is 12.5. The number of hydrogen-bond donors (Lipinski definition) is 3. The number of rotatable bonds is 7. The number of hydrogen-bond acceptors (Lipinski definition) is 9. The van der Waals surface area contributed by atoms with Gasteiger partial charge in [0.15, 0.2) is 11.8 Å². The molecule has 0 amide bonds. The number of fused-ring (bicyclic) bond motifs is 1. The number of benzene rings is 1. The van der Waals surface area contributed by atoms with Crippen molar-refractivity contribution in [2.24, 2.45) is 0 Å². The molecule has 2 saturated heterocycles. The van der Waals surface area contributed by atoms with E-state index in [4.69, 9.17) is 21.1 Å². The van der Waals surface area contributed by atoms with Gasteiger partial charge in [0.25, 0.3) is 6.01 Å². The van der Waals surface area contributed by atoms with E-state index < -0.39 is 28.3 Å². The second-order valence-corrected chi connectivity index (χ2v) is 12.2. The van der Waals surface area contributed by atoms with E-state index in [1.165, 1.54) is 0 Å². The summed E-state index contributed by atoms with van der Waals surface area (Å²) in [5.41, 5.74) is 3.41. The number of aliphatic hydroxyl groups excluding tert-OH is 2. The molecule has 3 unspecified atom stereocenters. The number of H-pyrrole nitrogens is 1. The highest BCUT2D eigenvalue weighted by Crippen LogP contribution is 2.33. The lowest BCUT2D eigenvalue weighted by Gasteiger charge is -2.35. The van der Waals surface area contributed by atoms with E-state index in [0.29, 0.717) is 48.1 Å². The molecule has 3 fully saturated rings. The summed E-state index contributed by atoms with van der Waals surface area (Å²) in [7, 11) is -3.13. The molecule has 3 aromatic rings. The first-order valence-electron chi connectivity index (χ1n) is 12.3. The van der Waals surface area contributed by atoms with E-state index >= 15 is 0 Å². The van der Waals surface area contributed by atoms with Gasteiger partial charge in [0.05, 0.1) is 34.7 Å². The first-order valence-corrected chi connectivity index (χ1v) is 14.2. The van der Waals surface area contributed by atoms with E-state index in [9.17, 15) is 18.6 Å². The molecule has 0 bridgehead atoms. The monoisotopic (exact) mass is 549 g/mol. The summed E-state index contributed by atoms with van der Waals surface area (Å²) in [4.78, 5) is 14.2. The van der Waals surface area contributed by atoms with E-state index in [-0.39, 0.29) is 24.5 Å². The Morgan fingerprint density at radius 3 is 2.51 bits per heavy atom. The van der Waals surface area contributed by atoms with Crippen LogP contribution in [0.4, 0.5) is 5.69 Å². The van der Waals surface area contributed by atoms with Crippen molar-refractivity contribution in [1.82, 2.24) is 19.3 Å². The summed E-state index contributed by atoms with van der Waals surface area (Å²) in [5, 5.41) is 19.7. The Bertz CT molecular complexity index is 1390. The first kappa shape index (κ1) is 24.8. The molecule has 11 nitrogen and oxygen atoms in total. The molecular formula is C24H28ClN5O6S. The zero-order valence-electron chi connectivity index (χ0n) is 20.0. The molecule has 198 valence electrons. The third kappa shape index (κ3) is 4.77. The molecule has 37 heavy (non-hydrogen) atoms. The third-order valence-electron chi connectivity index (χ3n) is 7.13. The number of aromatic nitrogens is 3. The van der Waals surface area contributed by atoms with Gasteiger partial charge in [0, 0.05) is 37.4 Å². The van der Waals surface area contributed by atoms with Crippen LogP contribution < -0.4 is 9.64 Å². The van der Waals surface area contributed by atoms with E-state index in [1.807, 2.05) is 24.3 Å². The molecule has 1 aliphatic carbocycles. The lowest BCUT2D eigenvalue weighted by Crippen LogP contribution is -2.49. The number of anilines is 1. The second-order valence-electron chi connectivity index (χ2n) is 9.61. The quantitative estimate of drug-likeness (QED) is 0.398. The summed E-state index contributed by atoms with van der Waals surface area (Å²) in [6.45, 7) is 2.13. The maximum Gasteiger partial charge on any atom is 0.296 e. The van der Waals surface area contributed by atoms with Crippen molar-refractivity contribution >= 4 is 38.5 Å². The van der Waals surface area contributed by atoms with Crippen LogP contribution in [-0.2, 0) is 14.8 Å². The van der Waals surface area contributed by atoms with Gasteiger partial charge in [-0.1, -0.05) is 23.7 Å². The molecule has 13 heteroatoms. The van der Waals surface area contributed by atoms with Gasteiger partial charge in [-0.05, 0) is 31.0 Å². The standard InChI is InChI=1S/C24H28ClN5O6S/c25-17-11-18-23(28-24(26-18)36-20-13-35-19(12-31)22(20)32)27-21(17)14-1-3-15(4-2-14)29-7-9-30(10-8-29)37(33,34)16-5-6-16/h1-4,11,16,19-20,22,31-32H,5-10,12-13H2,(H,26,27,28). The van der Waals surface area contributed by atoms with Crippen LogP contribution in [0.5, 0.6) is 6.01 Å². The molecule has 3 atom stereocenters. The molecule has 3 N–H and O–H groups in total. The largest absolute Gasteiger partial charge is 0.456 e. The van der Waals surface area contributed by atoms with Gasteiger partial charge in [-0.3, -0.25) is 0 Å². The molecule has 2 aliphatic heterocycles. The first-order chi connectivity index (χ1) is 17.8. The molecule has 1 aromatic carbocycles. The van der Waals surface area contributed by atoms with Gasteiger partial charge in [0.1, 0.15) is 12.2 Å². The highest BCUT2D eigenvalue weighted by Gasteiger charge is 2.41. The third-order valence-corrected chi connectivity index (χ3v) is 9.82. The Morgan fingerprint density at radius 1 is 1.14 bits per heavy atom. The van der Waals surface area contributed by atoms with Gasteiger partial charge in [-0.2, -0.15) is 9.29 Å². The van der Waals surface area contributed by atoms with Crippen LogP contribution in [0.25, 0.3) is 22.4 Å². The lowest BCUT2D eigenvalue weighted by molar-refractivity contribution is -0.00390. The fourth-order valence-corrected chi connectivity index (χ4v) is 6.91. The van der Waals surface area contributed by atoms with Gasteiger partial charge >= 0.3 is 0 Å². The minimum Gasteiger partial charge on any atom is -0.456 e. The van der Waals surface area contributed by atoms with Gasteiger partial charge in [-0.25, -0.2) is 13.4 Å². The van der Waals surface area contributed by atoms with Crippen molar-refractivity contribution in [3.63, 3.8) is 0 Å². The number of aromatic amines is 1. The summed E-state index contributed by atoms with van der Waals surface area (Å²) in [6.07, 6.45) is -0.743. The maximum atomic E-state index is 12.5. The topological polar surface area (TPSA) is 141 Å². The predicted molar refractivity (Wildman–Crippen MR) is 137 cm³/mol. The molecule has 0 spiro atoms. The zero-order chi connectivity index (χ0) is 25.7. The molecular weight excluding hydrogens is 522 g/mol. The average Bonchev–Trinajstić information content (AvgIpc) is 3.62. The van der Waals surface area contributed by atoms with Crippen LogP contribution in [-0.4, -0.2) is 101 Å². The predicted octanol–water partition coefficient (Wildman–Crippen LogP) is 1.39. The number of piperazine rings is 1. The van der Waals surface area contributed by atoms with Crippen molar-refractivity contribution in [2.75, 3.05) is 44.3 Å². The summed E-state index contributed by atoms with van der Waals surface area (Å²) >= 11 is 6.54. The number of halogens is 1. The molecule has 6 rings (SSSR count). The number of aliphatic hydroxyl groups is 2. The molecule has 1 saturated carbocycles. The Hall–Kier alpha value is -2.48. The average molecular weight is 550 g/mol. The zero-order valence-corrected chi connectivity index (χ0v) is 21.5. The molecule has 3 aliphatic rings. The van der Waals surface area contributed by atoms with Gasteiger partial charge < -0.3 is 29.6 Å². The van der Waals surface area contributed by atoms with Crippen LogP contribution in [0.15, 0.2) is 30.3 Å². The van der Waals surface area contributed by atoms with Crippen LogP contribution in [0.2, 0.25) is 5.02 Å². The number of nitrogens with zero attached hydrogens (tertiary/aromatic N) is 4. The number of ether oxygens (including phenoxy) is 2. The Morgan fingerprint density at radius 2 is 1.86 bits per heavy atom. The van der Waals surface area contributed by atoms with Crippen LogP contribution in [0.1, 0.15) is 12.8 Å². The van der Waals surface area contributed by atoms with E-state index in [2.05, 4.69) is 19.9 Å². The van der Waals surface area contributed by atoms with Crippen molar-refractivity contribution < 1.29 is 28.1 Å². The lowest BCUT2D eigenvalue weighted by atomic mass is 10.1. The van der Waals surface area contributed by atoms with Crippen molar-refractivity contribution in [3.05, 3.63) is 35.4 Å². The Kier molecular flexibility index (Phi) is 6.50. The van der Waals surface area contributed by atoms with Gasteiger partial charge in [-0.15, -0.1) is 0 Å². The van der Waals surface area contributed by atoms with Crippen molar-refractivity contribution in [3.8, 4) is 17.3 Å². The minimum atomic E-state index is -3.13.